The normalized spacial score (nSPS) is 11.3. The van der Waals surface area contributed by atoms with Gasteiger partial charge in [-0.3, -0.25) is 4.68 Å². The van der Waals surface area contributed by atoms with E-state index < -0.39 is 0 Å². The number of nitrogens with zero attached hydrogens (tertiary/aromatic N) is 3. The molecule has 0 radical (unpaired) electrons. The number of hydrogen-bond acceptors (Lipinski definition) is 2. The Balaban J connectivity index is 2.04. The number of benzene rings is 1. The third kappa shape index (κ3) is 2.12. The van der Waals surface area contributed by atoms with Crippen LogP contribution in [0.25, 0.3) is 10.9 Å². The quantitative estimate of drug-likeness (QED) is 0.790. The van der Waals surface area contributed by atoms with E-state index in [-0.39, 0.29) is 6.61 Å². The number of fused-ring (bicyclic) bond motifs is 1. The van der Waals surface area contributed by atoms with E-state index in [1.165, 1.54) is 5.69 Å². The fourth-order valence-corrected chi connectivity index (χ4v) is 2.65. The molecular formula is C16H19N3O. The molecule has 0 atom stereocenters. The molecule has 0 aliphatic heterocycles. The lowest BCUT2D eigenvalue weighted by molar-refractivity contribution is 0.283. The average molecular weight is 269 g/mol. The first kappa shape index (κ1) is 12.9. The lowest BCUT2D eigenvalue weighted by Crippen LogP contribution is -2.04. The number of hydrogen-bond donors (Lipinski definition) is 1. The Bertz CT molecular complexity index is 739. The Hall–Kier alpha value is -2.07. The van der Waals surface area contributed by atoms with E-state index in [4.69, 9.17) is 0 Å². The fourth-order valence-electron chi connectivity index (χ4n) is 2.65. The van der Waals surface area contributed by atoms with Gasteiger partial charge in [-0.2, -0.15) is 5.10 Å². The van der Waals surface area contributed by atoms with Crippen LogP contribution in [0.1, 0.15) is 23.9 Å². The van der Waals surface area contributed by atoms with Crippen LogP contribution in [-0.4, -0.2) is 19.5 Å². The van der Waals surface area contributed by atoms with Crippen molar-refractivity contribution >= 4 is 10.9 Å². The van der Waals surface area contributed by atoms with Crippen molar-refractivity contribution in [1.82, 2.24) is 14.3 Å². The molecule has 0 unspecified atom stereocenters. The molecule has 20 heavy (non-hydrogen) atoms. The standard InChI is InChI=1S/C16H19N3O/c1-3-13-8-14(18(2)17-13)10-19-9-12(11-20)15-6-4-5-7-16(15)19/h4-9,20H,3,10-11H2,1-2H3. The van der Waals surface area contributed by atoms with Crippen molar-refractivity contribution in [2.24, 2.45) is 7.05 Å². The third-order valence-corrected chi connectivity index (χ3v) is 3.76. The van der Waals surface area contributed by atoms with E-state index >= 15 is 0 Å². The highest BCUT2D eigenvalue weighted by Gasteiger charge is 2.10. The second-order valence-electron chi connectivity index (χ2n) is 5.06. The SMILES string of the molecule is CCc1cc(Cn2cc(CO)c3ccccc32)n(C)n1. The number of aliphatic hydroxyl groups excluding tert-OH is 1. The van der Waals surface area contributed by atoms with Crippen molar-refractivity contribution < 1.29 is 5.11 Å². The summed E-state index contributed by atoms with van der Waals surface area (Å²) in [6.45, 7) is 2.95. The molecule has 2 aromatic heterocycles. The first-order valence-electron chi connectivity index (χ1n) is 6.92. The Kier molecular flexibility index (Phi) is 3.32. The van der Waals surface area contributed by atoms with Crippen LogP contribution >= 0.6 is 0 Å². The first-order chi connectivity index (χ1) is 9.72. The van der Waals surface area contributed by atoms with Gasteiger partial charge in [-0.05, 0) is 18.6 Å². The van der Waals surface area contributed by atoms with Crippen LogP contribution in [0.3, 0.4) is 0 Å². The largest absolute Gasteiger partial charge is 0.392 e. The van der Waals surface area contributed by atoms with Crippen molar-refractivity contribution in [3.05, 3.63) is 53.5 Å². The van der Waals surface area contributed by atoms with Gasteiger partial charge in [-0.25, -0.2) is 0 Å². The summed E-state index contributed by atoms with van der Waals surface area (Å²) in [5.74, 6) is 0. The highest BCUT2D eigenvalue weighted by Crippen LogP contribution is 2.22. The van der Waals surface area contributed by atoms with Crippen LogP contribution in [0.5, 0.6) is 0 Å². The molecule has 1 aromatic carbocycles. The van der Waals surface area contributed by atoms with Gasteiger partial charge in [0.2, 0.25) is 0 Å². The molecular weight excluding hydrogens is 250 g/mol. The number of aryl methyl sites for hydroxylation is 2. The molecule has 2 heterocycles. The van der Waals surface area contributed by atoms with E-state index in [1.54, 1.807) is 0 Å². The lowest BCUT2D eigenvalue weighted by atomic mass is 10.2. The zero-order chi connectivity index (χ0) is 14.1. The summed E-state index contributed by atoms with van der Waals surface area (Å²) >= 11 is 0. The zero-order valence-electron chi connectivity index (χ0n) is 11.9. The van der Waals surface area contributed by atoms with Crippen molar-refractivity contribution in [3.63, 3.8) is 0 Å². The maximum Gasteiger partial charge on any atom is 0.0702 e. The topological polar surface area (TPSA) is 43.0 Å². The van der Waals surface area contributed by atoms with Crippen LogP contribution in [0.4, 0.5) is 0 Å². The summed E-state index contributed by atoms with van der Waals surface area (Å²) in [7, 11) is 1.98. The molecule has 0 saturated carbocycles. The molecule has 0 amide bonds. The van der Waals surface area contributed by atoms with Gasteiger partial charge in [-0.1, -0.05) is 25.1 Å². The predicted octanol–water partition coefficient (Wildman–Crippen LogP) is 2.48. The molecule has 104 valence electrons. The van der Waals surface area contributed by atoms with Gasteiger partial charge < -0.3 is 9.67 Å². The molecule has 4 nitrogen and oxygen atoms in total. The van der Waals surface area contributed by atoms with Gasteiger partial charge in [0.25, 0.3) is 0 Å². The van der Waals surface area contributed by atoms with Crippen LogP contribution in [0, 0.1) is 0 Å². The molecule has 1 N–H and O–H groups in total. The van der Waals surface area contributed by atoms with Crippen molar-refractivity contribution in [3.8, 4) is 0 Å². The third-order valence-electron chi connectivity index (χ3n) is 3.76. The van der Waals surface area contributed by atoms with Crippen molar-refractivity contribution in [1.29, 1.82) is 0 Å². The van der Waals surface area contributed by atoms with E-state index in [9.17, 15) is 5.11 Å². The molecule has 0 fully saturated rings. The molecule has 0 aliphatic carbocycles. The fraction of sp³-hybridized carbons (Fsp3) is 0.312. The van der Waals surface area contributed by atoms with Crippen LogP contribution in [0.15, 0.2) is 36.5 Å². The van der Waals surface area contributed by atoms with Crippen molar-refractivity contribution in [2.75, 3.05) is 0 Å². The second kappa shape index (κ2) is 5.13. The molecule has 3 rings (SSSR count). The van der Waals surface area contributed by atoms with Crippen LogP contribution in [-0.2, 0) is 26.6 Å². The number of rotatable bonds is 4. The highest BCUT2D eigenvalue weighted by atomic mass is 16.3. The zero-order valence-corrected chi connectivity index (χ0v) is 11.9. The maximum atomic E-state index is 9.48. The first-order valence-corrected chi connectivity index (χ1v) is 6.92. The van der Waals surface area contributed by atoms with Crippen LogP contribution < -0.4 is 0 Å². The number of para-hydroxylation sites is 1. The van der Waals surface area contributed by atoms with Gasteiger partial charge in [0.15, 0.2) is 0 Å². The summed E-state index contributed by atoms with van der Waals surface area (Å²) in [6.07, 6.45) is 2.98. The smallest absolute Gasteiger partial charge is 0.0702 e. The monoisotopic (exact) mass is 269 g/mol. The summed E-state index contributed by atoms with van der Waals surface area (Å²) < 4.78 is 4.11. The molecule has 0 saturated heterocycles. The number of aliphatic hydroxyl groups is 1. The summed E-state index contributed by atoms with van der Waals surface area (Å²) in [5.41, 5.74) is 4.41. The van der Waals surface area contributed by atoms with Gasteiger partial charge in [0.05, 0.1) is 24.5 Å². The summed E-state index contributed by atoms with van der Waals surface area (Å²) in [4.78, 5) is 0. The maximum absolute atomic E-state index is 9.48. The van der Waals surface area contributed by atoms with Gasteiger partial charge in [0.1, 0.15) is 0 Å². The number of aromatic nitrogens is 3. The lowest BCUT2D eigenvalue weighted by Gasteiger charge is -2.05. The molecule has 4 heteroatoms. The molecule has 0 bridgehead atoms. The van der Waals surface area contributed by atoms with E-state index in [0.29, 0.717) is 0 Å². The van der Waals surface area contributed by atoms with Crippen molar-refractivity contribution in [2.45, 2.75) is 26.5 Å². The molecule has 0 spiro atoms. The van der Waals surface area contributed by atoms with Gasteiger partial charge >= 0.3 is 0 Å². The minimum atomic E-state index is 0.0686. The van der Waals surface area contributed by atoms with E-state index in [0.717, 1.165) is 35.1 Å². The Morgan fingerprint density at radius 2 is 2.05 bits per heavy atom. The predicted molar refractivity (Wildman–Crippen MR) is 79.5 cm³/mol. The van der Waals surface area contributed by atoms with Gasteiger partial charge in [-0.15, -0.1) is 0 Å². The minimum absolute atomic E-state index is 0.0686. The summed E-state index contributed by atoms with van der Waals surface area (Å²) in [5, 5.41) is 15.1. The Morgan fingerprint density at radius 1 is 1.25 bits per heavy atom. The Morgan fingerprint density at radius 3 is 2.75 bits per heavy atom. The van der Waals surface area contributed by atoms with E-state index in [1.807, 2.05) is 30.1 Å². The Labute approximate surface area is 118 Å². The van der Waals surface area contributed by atoms with Crippen LogP contribution in [0.2, 0.25) is 0 Å². The molecule has 3 aromatic rings. The average Bonchev–Trinajstić information content (AvgIpc) is 3.01. The van der Waals surface area contributed by atoms with Gasteiger partial charge in [0, 0.05) is 29.7 Å². The van der Waals surface area contributed by atoms with E-state index in [2.05, 4.69) is 34.8 Å². The summed E-state index contributed by atoms with van der Waals surface area (Å²) in [6, 6.07) is 10.3. The highest BCUT2D eigenvalue weighted by molar-refractivity contribution is 5.83. The molecule has 0 aliphatic rings. The second-order valence-corrected chi connectivity index (χ2v) is 5.06. The minimum Gasteiger partial charge on any atom is -0.392 e.